The van der Waals surface area contributed by atoms with Gasteiger partial charge >= 0.3 is 5.97 Å². The molecule has 2 aromatic carbocycles. The van der Waals surface area contributed by atoms with Gasteiger partial charge in [-0.2, -0.15) is 0 Å². The van der Waals surface area contributed by atoms with E-state index in [0.29, 0.717) is 5.56 Å². The minimum absolute atomic E-state index is 0.341. The summed E-state index contributed by atoms with van der Waals surface area (Å²) in [4.78, 5) is 15.5. The van der Waals surface area contributed by atoms with E-state index < -0.39 is 5.97 Å². The number of fused-ring (bicyclic) bond motifs is 1. The quantitative estimate of drug-likeness (QED) is 0.762. The van der Waals surface area contributed by atoms with Gasteiger partial charge in [0.05, 0.1) is 11.1 Å². The van der Waals surface area contributed by atoms with Crippen LogP contribution in [0.25, 0.3) is 22.0 Å². The van der Waals surface area contributed by atoms with Crippen LogP contribution >= 0.6 is 0 Å². The van der Waals surface area contributed by atoms with E-state index in [9.17, 15) is 9.90 Å². The summed E-state index contributed by atoms with van der Waals surface area (Å²) in [6.45, 7) is 1.84. The number of rotatable bonds is 2. The lowest BCUT2D eigenvalue weighted by atomic mass is 9.95. The van der Waals surface area contributed by atoms with E-state index in [1.165, 1.54) is 0 Å². The number of carboxylic acids is 1. The predicted molar refractivity (Wildman–Crippen MR) is 78.9 cm³/mol. The average Bonchev–Trinajstić information content (AvgIpc) is 2.46. The largest absolute Gasteiger partial charge is 0.478 e. The third-order valence-corrected chi connectivity index (χ3v) is 3.48. The highest BCUT2D eigenvalue weighted by Crippen LogP contribution is 2.28. The van der Waals surface area contributed by atoms with Gasteiger partial charge in [0, 0.05) is 11.6 Å². The second-order valence-electron chi connectivity index (χ2n) is 4.69. The fourth-order valence-electron chi connectivity index (χ4n) is 2.42. The molecule has 1 N–H and O–H groups in total. The molecule has 0 atom stereocenters. The van der Waals surface area contributed by atoms with Crippen molar-refractivity contribution < 1.29 is 9.90 Å². The van der Waals surface area contributed by atoms with Gasteiger partial charge < -0.3 is 5.11 Å². The number of carboxylic acid groups (broad SMARTS) is 1. The lowest BCUT2D eigenvalue weighted by molar-refractivity contribution is 0.0696. The van der Waals surface area contributed by atoms with Crippen molar-refractivity contribution in [2.24, 2.45) is 0 Å². The van der Waals surface area contributed by atoms with Crippen molar-refractivity contribution in [1.29, 1.82) is 0 Å². The average molecular weight is 263 g/mol. The van der Waals surface area contributed by atoms with E-state index in [0.717, 1.165) is 27.6 Å². The first-order valence-electron chi connectivity index (χ1n) is 6.35. The highest BCUT2D eigenvalue weighted by atomic mass is 16.4. The number of hydrogen-bond acceptors (Lipinski definition) is 2. The lowest BCUT2D eigenvalue weighted by Crippen LogP contribution is -2.00. The monoisotopic (exact) mass is 263 g/mol. The molecule has 0 saturated heterocycles. The highest BCUT2D eigenvalue weighted by Gasteiger charge is 2.11. The number of pyridine rings is 1. The molecule has 0 fully saturated rings. The summed E-state index contributed by atoms with van der Waals surface area (Å²) < 4.78 is 0. The summed E-state index contributed by atoms with van der Waals surface area (Å²) in [5.74, 6) is -0.896. The first-order valence-corrected chi connectivity index (χ1v) is 6.35. The second-order valence-corrected chi connectivity index (χ2v) is 4.69. The Bertz CT molecular complexity index is 809. The molecule has 3 aromatic rings. The Morgan fingerprint density at radius 1 is 1.10 bits per heavy atom. The van der Waals surface area contributed by atoms with E-state index in [1.807, 2.05) is 43.3 Å². The number of hydrogen-bond donors (Lipinski definition) is 1. The highest BCUT2D eigenvalue weighted by molar-refractivity contribution is 5.93. The summed E-state index contributed by atoms with van der Waals surface area (Å²) in [6.07, 6.45) is 1.76. The molecule has 0 aliphatic rings. The number of aromatic carboxylic acids is 1. The molecule has 3 nitrogen and oxygen atoms in total. The minimum atomic E-state index is -0.896. The zero-order valence-electron chi connectivity index (χ0n) is 11.0. The molecule has 0 radical (unpaired) electrons. The zero-order chi connectivity index (χ0) is 14.1. The predicted octanol–water partition coefficient (Wildman–Crippen LogP) is 3.91. The maximum absolute atomic E-state index is 11.2. The van der Waals surface area contributed by atoms with Gasteiger partial charge in [-0.25, -0.2) is 4.79 Å². The lowest BCUT2D eigenvalue weighted by Gasteiger charge is -2.09. The molecule has 0 amide bonds. The number of nitrogens with zero attached hydrogens (tertiary/aromatic N) is 1. The third-order valence-electron chi connectivity index (χ3n) is 3.48. The summed E-state index contributed by atoms with van der Waals surface area (Å²) in [5.41, 5.74) is 4.00. The molecule has 3 heteroatoms. The summed E-state index contributed by atoms with van der Waals surface area (Å²) in [7, 11) is 0. The van der Waals surface area contributed by atoms with Gasteiger partial charge in [0.1, 0.15) is 0 Å². The van der Waals surface area contributed by atoms with E-state index in [-0.39, 0.29) is 0 Å². The molecular weight excluding hydrogens is 250 g/mol. The Kier molecular flexibility index (Phi) is 2.95. The molecule has 20 heavy (non-hydrogen) atoms. The van der Waals surface area contributed by atoms with Gasteiger partial charge in [-0.3, -0.25) is 4.98 Å². The Morgan fingerprint density at radius 3 is 2.75 bits per heavy atom. The number of benzene rings is 2. The number of aromatic nitrogens is 1. The first-order chi connectivity index (χ1) is 9.66. The van der Waals surface area contributed by atoms with Gasteiger partial charge in [0.2, 0.25) is 0 Å². The minimum Gasteiger partial charge on any atom is -0.478 e. The fourth-order valence-corrected chi connectivity index (χ4v) is 2.42. The smallest absolute Gasteiger partial charge is 0.335 e. The van der Waals surface area contributed by atoms with Crippen LogP contribution in [0.5, 0.6) is 0 Å². The van der Waals surface area contributed by atoms with Crippen LogP contribution < -0.4 is 0 Å². The van der Waals surface area contributed by atoms with Gasteiger partial charge in [-0.15, -0.1) is 0 Å². The van der Waals surface area contributed by atoms with E-state index >= 15 is 0 Å². The Morgan fingerprint density at radius 2 is 1.95 bits per heavy atom. The van der Waals surface area contributed by atoms with Crippen molar-refractivity contribution >= 4 is 16.9 Å². The van der Waals surface area contributed by atoms with Crippen LogP contribution in [0.1, 0.15) is 15.9 Å². The Balaban J connectivity index is 2.20. The van der Waals surface area contributed by atoms with Crippen LogP contribution in [0.4, 0.5) is 0 Å². The van der Waals surface area contributed by atoms with Crippen molar-refractivity contribution in [3.8, 4) is 11.1 Å². The molecule has 0 spiro atoms. The summed E-state index contributed by atoms with van der Waals surface area (Å²) >= 11 is 0. The van der Waals surface area contributed by atoms with Gasteiger partial charge in [0.15, 0.2) is 0 Å². The second kappa shape index (κ2) is 4.78. The standard InChI is InChI=1S/C17H13NO2/c1-11-14(5-2-6-15(11)17(19)20)12-7-8-16-13(10-12)4-3-9-18-16/h2-10H,1H3,(H,19,20). The SMILES string of the molecule is Cc1c(C(=O)O)cccc1-c1ccc2ncccc2c1. The van der Waals surface area contributed by atoms with Crippen LogP contribution in [0.15, 0.2) is 54.7 Å². The topological polar surface area (TPSA) is 50.2 Å². The number of carbonyl (C=O) groups is 1. The van der Waals surface area contributed by atoms with Crippen molar-refractivity contribution in [3.05, 3.63) is 65.9 Å². The van der Waals surface area contributed by atoms with Gasteiger partial charge in [0.25, 0.3) is 0 Å². The molecule has 0 aliphatic carbocycles. The van der Waals surface area contributed by atoms with E-state index in [1.54, 1.807) is 18.3 Å². The normalized spacial score (nSPS) is 10.7. The van der Waals surface area contributed by atoms with Crippen molar-refractivity contribution in [3.63, 3.8) is 0 Å². The van der Waals surface area contributed by atoms with Crippen molar-refractivity contribution in [2.75, 3.05) is 0 Å². The summed E-state index contributed by atoms with van der Waals surface area (Å²) in [6, 6.07) is 15.2. The molecule has 1 aromatic heterocycles. The Hall–Kier alpha value is -2.68. The first kappa shape index (κ1) is 12.4. The molecule has 0 unspecified atom stereocenters. The maximum atomic E-state index is 11.2. The van der Waals surface area contributed by atoms with E-state index in [4.69, 9.17) is 0 Å². The molecule has 0 bridgehead atoms. The molecule has 1 heterocycles. The van der Waals surface area contributed by atoms with Crippen LogP contribution in [-0.2, 0) is 0 Å². The Labute approximate surface area is 116 Å². The van der Waals surface area contributed by atoms with E-state index in [2.05, 4.69) is 4.98 Å². The van der Waals surface area contributed by atoms with Crippen LogP contribution in [-0.4, -0.2) is 16.1 Å². The molecule has 98 valence electrons. The third kappa shape index (κ3) is 2.03. The van der Waals surface area contributed by atoms with Crippen LogP contribution in [0.2, 0.25) is 0 Å². The van der Waals surface area contributed by atoms with Gasteiger partial charge in [-0.05, 0) is 47.9 Å². The van der Waals surface area contributed by atoms with Gasteiger partial charge in [-0.1, -0.05) is 24.3 Å². The summed E-state index contributed by atoms with van der Waals surface area (Å²) in [5, 5.41) is 10.2. The van der Waals surface area contributed by atoms with Crippen LogP contribution in [0, 0.1) is 6.92 Å². The molecule has 0 saturated carbocycles. The fraction of sp³-hybridized carbons (Fsp3) is 0.0588. The van der Waals surface area contributed by atoms with Crippen LogP contribution in [0.3, 0.4) is 0 Å². The molecule has 3 rings (SSSR count). The van der Waals surface area contributed by atoms with Crippen molar-refractivity contribution in [1.82, 2.24) is 4.98 Å². The molecular formula is C17H13NO2. The molecule has 0 aliphatic heterocycles. The van der Waals surface area contributed by atoms with Crippen molar-refractivity contribution in [2.45, 2.75) is 6.92 Å². The zero-order valence-corrected chi connectivity index (χ0v) is 11.0. The maximum Gasteiger partial charge on any atom is 0.335 e.